The fourth-order valence-corrected chi connectivity index (χ4v) is 1.24. The molecular weight excluding hydrogens is 156 g/mol. The molecule has 2 aromatic rings. The summed E-state index contributed by atoms with van der Waals surface area (Å²) in [7, 11) is 0. The Kier molecular flexibility index (Phi) is 1.57. The highest BCUT2D eigenvalue weighted by atomic mass is 14.0. The molecule has 0 aliphatic carbocycles. The lowest BCUT2D eigenvalue weighted by Crippen LogP contribution is -1.85. The maximum absolute atomic E-state index is 7.76. The molecule has 0 heteroatoms. The van der Waals surface area contributed by atoms with Crippen LogP contribution < -0.4 is 0 Å². The van der Waals surface area contributed by atoms with E-state index in [2.05, 4.69) is 0 Å². The predicted octanol–water partition coefficient (Wildman–Crippen LogP) is 3.28. The number of benzene rings is 2. The van der Waals surface area contributed by atoms with Gasteiger partial charge >= 0.3 is 0 Å². The summed E-state index contributed by atoms with van der Waals surface area (Å²) in [5.74, 6) is 0. The molecular formula is C13H12. The van der Waals surface area contributed by atoms with Crippen molar-refractivity contribution in [1.82, 2.24) is 0 Å². The SMILES string of the molecule is [2H]c1cc([2H])c(Cc2ccccc2)c([2H])c1. The second-order valence-electron chi connectivity index (χ2n) is 2.88. The maximum Gasteiger partial charge on any atom is 0.0626 e. The van der Waals surface area contributed by atoms with Crippen molar-refractivity contribution < 1.29 is 4.11 Å². The van der Waals surface area contributed by atoms with Crippen LogP contribution in [0.5, 0.6) is 0 Å². The molecule has 0 aliphatic heterocycles. The first-order valence-corrected chi connectivity index (χ1v) is 4.27. The molecule has 0 amide bonds. The summed E-state index contributed by atoms with van der Waals surface area (Å²) in [4.78, 5) is 0. The highest BCUT2D eigenvalue weighted by Gasteiger charge is 1.92. The summed E-state index contributed by atoms with van der Waals surface area (Å²) in [5.41, 5.74) is 1.77. The van der Waals surface area contributed by atoms with Crippen LogP contribution in [0.4, 0.5) is 0 Å². The summed E-state index contributed by atoms with van der Waals surface area (Å²) in [6, 6.07) is 13.5. The van der Waals surface area contributed by atoms with E-state index in [1.54, 1.807) is 0 Å². The fourth-order valence-electron chi connectivity index (χ4n) is 1.24. The molecule has 0 unspecified atom stereocenters. The molecule has 0 saturated heterocycles. The zero-order chi connectivity index (χ0) is 11.5. The van der Waals surface area contributed by atoms with E-state index < -0.39 is 0 Å². The highest BCUT2D eigenvalue weighted by Crippen LogP contribution is 2.07. The Bertz CT molecular complexity index is 469. The molecule has 64 valence electrons. The Balaban J connectivity index is 2.35. The van der Waals surface area contributed by atoms with Crippen molar-refractivity contribution in [1.29, 1.82) is 0 Å². The van der Waals surface area contributed by atoms with E-state index in [0.717, 1.165) is 5.56 Å². The van der Waals surface area contributed by atoms with Crippen LogP contribution in [0.2, 0.25) is 0 Å². The van der Waals surface area contributed by atoms with Gasteiger partial charge in [0.05, 0.1) is 4.11 Å². The molecule has 0 spiro atoms. The average molecular weight is 171 g/mol. The third-order valence-corrected chi connectivity index (χ3v) is 1.88. The quantitative estimate of drug-likeness (QED) is 0.650. The largest absolute Gasteiger partial charge is 0.0626 e. The first kappa shape index (κ1) is 5.23. The summed E-state index contributed by atoms with van der Waals surface area (Å²) in [6.45, 7) is 0. The van der Waals surface area contributed by atoms with Gasteiger partial charge < -0.3 is 0 Å². The molecule has 0 atom stereocenters. The van der Waals surface area contributed by atoms with Gasteiger partial charge in [0.15, 0.2) is 0 Å². The zero-order valence-electron chi connectivity index (χ0n) is 10.2. The first-order chi connectivity index (χ1) is 7.66. The van der Waals surface area contributed by atoms with Crippen LogP contribution in [0.15, 0.2) is 60.6 Å². The lowest BCUT2D eigenvalue weighted by atomic mass is 10.1. The van der Waals surface area contributed by atoms with Crippen molar-refractivity contribution >= 4 is 0 Å². The van der Waals surface area contributed by atoms with Crippen LogP contribution in [0.25, 0.3) is 0 Å². The van der Waals surface area contributed by atoms with Crippen molar-refractivity contribution in [2.24, 2.45) is 0 Å². The number of rotatable bonds is 2. The fraction of sp³-hybridized carbons (Fsp3) is 0.0769. The van der Waals surface area contributed by atoms with Crippen molar-refractivity contribution in [3.63, 3.8) is 0 Å². The second-order valence-corrected chi connectivity index (χ2v) is 2.88. The van der Waals surface area contributed by atoms with Crippen molar-refractivity contribution in [3.05, 3.63) is 71.7 Å². The Hall–Kier alpha value is -1.56. The third kappa shape index (κ3) is 2.19. The molecule has 2 rings (SSSR count). The Morgan fingerprint density at radius 2 is 1.54 bits per heavy atom. The summed E-state index contributed by atoms with van der Waals surface area (Å²) in [6.07, 6.45) is 0.582. The minimum atomic E-state index is 0.229. The third-order valence-electron chi connectivity index (χ3n) is 1.88. The molecule has 0 aliphatic rings. The first-order valence-electron chi connectivity index (χ1n) is 5.77. The van der Waals surface area contributed by atoms with E-state index in [0.29, 0.717) is 12.0 Å². The predicted molar refractivity (Wildman–Crippen MR) is 55.7 cm³/mol. The summed E-state index contributed by atoms with van der Waals surface area (Å²) >= 11 is 0. The molecule has 0 heterocycles. The van der Waals surface area contributed by atoms with Gasteiger partial charge in [0.1, 0.15) is 0 Å². The van der Waals surface area contributed by atoms with E-state index in [4.69, 9.17) is 4.11 Å². The lowest BCUT2D eigenvalue weighted by Gasteiger charge is -2.00. The Morgan fingerprint density at radius 1 is 0.846 bits per heavy atom. The van der Waals surface area contributed by atoms with Crippen LogP contribution in [0, 0.1) is 0 Å². The molecule has 2 aromatic carbocycles. The van der Waals surface area contributed by atoms with E-state index >= 15 is 0 Å². The molecule has 0 fully saturated rings. The average Bonchev–Trinajstić information content (AvgIpc) is 2.25. The minimum Gasteiger partial charge on any atom is -0.0622 e. The minimum absolute atomic E-state index is 0.229. The number of hydrogen-bond donors (Lipinski definition) is 0. The molecule has 13 heavy (non-hydrogen) atoms. The van der Waals surface area contributed by atoms with Gasteiger partial charge in [-0.15, -0.1) is 0 Å². The van der Waals surface area contributed by atoms with Gasteiger partial charge in [-0.2, -0.15) is 0 Å². The van der Waals surface area contributed by atoms with Gasteiger partial charge in [-0.3, -0.25) is 0 Å². The van der Waals surface area contributed by atoms with Crippen molar-refractivity contribution in [3.8, 4) is 0 Å². The molecule has 0 radical (unpaired) electrons. The summed E-state index contributed by atoms with van der Waals surface area (Å²) in [5, 5.41) is 0. The normalized spacial score (nSPS) is 13.1. The van der Waals surface area contributed by atoms with E-state index in [9.17, 15) is 0 Å². The van der Waals surface area contributed by atoms with Crippen LogP contribution in [0.3, 0.4) is 0 Å². The van der Waals surface area contributed by atoms with Crippen molar-refractivity contribution in [2.75, 3.05) is 0 Å². The van der Waals surface area contributed by atoms with Gasteiger partial charge in [0, 0.05) is 0 Å². The van der Waals surface area contributed by atoms with Crippen LogP contribution in [-0.4, -0.2) is 0 Å². The second kappa shape index (κ2) is 3.90. The van der Waals surface area contributed by atoms with Gasteiger partial charge in [0.25, 0.3) is 0 Å². The van der Waals surface area contributed by atoms with Gasteiger partial charge in [0.2, 0.25) is 0 Å². The Labute approximate surface area is 83.1 Å². The smallest absolute Gasteiger partial charge is 0.0622 e. The molecule has 0 nitrogen and oxygen atoms in total. The molecule has 0 N–H and O–H groups in total. The number of hydrogen-bond acceptors (Lipinski definition) is 0. The van der Waals surface area contributed by atoms with Crippen LogP contribution in [-0.2, 0) is 6.42 Å². The molecule has 0 bridgehead atoms. The maximum atomic E-state index is 7.76. The van der Waals surface area contributed by atoms with Crippen LogP contribution >= 0.6 is 0 Å². The van der Waals surface area contributed by atoms with E-state index in [1.807, 2.05) is 30.3 Å². The summed E-state index contributed by atoms with van der Waals surface area (Å²) < 4.78 is 22.9. The molecule has 0 saturated carbocycles. The Morgan fingerprint density at radius 3 is 2.23 bits per heavy atom. The van der Waals surface area contributed by atoms with Crippen molar-refractivity contribution in [2.45, 2.75) is 6.42 Å². The zero-order valence-corrected chi connectivity index (χ0v) is 7.25. The van der Waals surface area contributed by atoms with Gasteiger partial charge in [-0.05, 0) is 17.5 Å². The van der Waals surface area contributed by atoms with Gasteiger partial charge in [-0.25, -0.2) is 0 Å². The highest BCUT2D eigenvalue weighted by molar-refractivity contribution is 5.25. The topological polar surface area (TPSA) is 0 Å². The standard InChI is InChI=1S/C13H12/c1-3-7-12(8-4-1)11-13-9-5-2-6-10-13/h1-10H,11H2/i1D,7D,8D. The van der Waals surface area contributed by atoms with Gasteiger partial charge in [-0.1, -0.05) is 60.6 Å². The van der Waals surface area contributed by atoms with Crippen LogP contribution in [0.1, 0.15) is 15.2 Å². The van der Waals surface area contributed by atoms with E-state index in [1.165, 1.54) is 12.1 Å². The monoisotopic (exact) mass is 171 g/mol. The lowest BCUT2D eigenvalue weighted by molar-refractivity contribution is 1.19. The molecule has 0 aromatic heterocycles. The van der Waals surface area contributed by atoms with E-state index in [-0.39, 0.29) is 18.1 Å².